The molecule has 186 valence electrons. The summed E-state index contributed by atoms with van der Waals surface area (Å²) < 4.78 is 32.1. The first-order valence-corrected chi connectivity index (χ1v) is 13.0. The zero-order valence-corrected chi connectivity index (χ0v) is 20.8. The number of hydrogen-bond donors (Lipinski definition) is 1. The molecule has 1 aliphatic carbocycles. The minimum absolute atomic E-state index is 0.0170. The minimum Gasteiger partial charge on any atom is -0.452 e. The summed E-state index contributed by atoms with van der Waals surface area (Å²) in [7, 11) is -2.32. The van der Waals surface area contributed by atoms with Crippen molar-refractivity contribution in [2.24, 2.45) is 0 Å². The number of fused-ring (bicyclic) bond motifs is 1. The van der Waals surface area contributed by atoms with Gasteiger partial charge in [-0.05, 0) is 57.0 Å². The van der Waals surface area contributed by atoms with E-state index in [1.165, 1.54) is 40.5 Å². The molecule has 1 N–H and O–H groups in total. The predicted octanol–water partition coefficient (Wildman–Crippen LogP) is 3.17. The first-order valence-electron chi connectivity index (χ1n) is 11.6. The SMILES string of the molecule is CC(C)N(C)S(=O)(=O)c1cccc(C(=O)OCC(=O)N2c3ccccc3NC(=O)C23CCCC3)c1. The Hall–Kier alpha value is -3.24. The van der Waals surface area contributed by atoms with Gasteiger partial charge in [0.25, 0.3) is 11.8 Å². The number of amides is 2. The molecule has 0 aromatic heterocycles. The highest BCUT2D eigenvalue weighted by Crippen LogP contribution is 2.45. The van der Waals surface area contributed by atoms with E-state index in [-0.39, 0.29) is 22.4 Å². The number of nitrogens with one attached hydrogen (secondary N) is 1. The second kappa shape index (κ2) is 9.43. The Morgan fingerprint density at radius 2 is 1.80 bits per heavy atom. The molecule has 2 aromatic rings. The van der Waals surface area contributed by atoms with Gasteiger partial charge in [0, 0.05) is 13.1 Å². The predicted molar refractivity (Wildman–Crippen MR) is 131 cm³/mol. The molecule has 2 aromatic carbocycles. The summed E-state index contributed by atoms with van der Waals surface area (Å²) in [5, 5.41) is 2.90. The number of carbonyl (C=O) groups is 3. The molecule has 35 heavy (non-hydrogen) atoms. The largest absolute Gasteiger partial charge is 0.452 e. The zero-order valence-electron chi connectivity index (χ0n) is 20.0. The van der Waals surface area contributed by atoms with Crippen molar-refractivity contribution in [1.29, 1.82) is 0 Å². The Balaban J connectivity index is 1.55. The third-order valence-electron chi connectivity index (χ3n) is 6.72. The molecular formula is C25H29N3O6S. The Bertz CT molecular complexity index is 1270. The van der Waals surface area contributed by atoms with Crippen molar-refractivity contribution in [3.63, 3.8) is 0 Å². The van der Waals surface area contributed by atoms with Gasteiger partial charge in [0.05, 0.1) is 21.8 Å². The molecular weight excluding hydrogens is 470 g/mol. The number of carbonyl (C=O) groups excluding carboxylic acids is 3. The van der Waals surface area contributed by atoms with E-state index in [1.54, 1.807) is 38.1 Å². The van der Waals surface area contributed by atoms with E-state index >= 15 is 0 Å². The van der Waals surface area contributed by atoms with Crippen LogP contribution in [0.15, 0.2) is 53.4 Å². The summed E-state index contributed by atoms with van der Waals surface area (Å²) in [5.41, 5.74) is 0.109. The summed E-state index contributed by atoms with van der Waals surface area (Å²) in [6.07, 6.45) is 2.67. The number of nitrogens with zero attached hydrogens (tertiary/aromatic N) is 2. The third-order valence-corrected chi connectivity index (χ3v) is 8.75. The normalized spacial score (nSPS) is 16.9. The second-order valence-corrected chi connectivity index (χ2v) is 11.2. The highest BCUT2D eigenvalue weighted by atomic mass is 32.2. The first-order chi connectivity index (χ1) is 16.6. The average Bonchev–Trinajstić information content (AvgIpc) is 3.33. The molecule has 0 bridgehead atoms. The molecule has 0 unspecified atom stereocenters. The number of esters is 1. The molecule has 1 fully saturated rings. The van der Waals surface area contributed by atoms with Gasteiger partial charge in [-0.1, -0.05) is 31.0 Å². The van der Waals surface area contributed by atoms with Crippen LogP contribution in [0.25, 0.3) is 0 Å². The van der Waals surface area contributed by atoms with E-state index in [0.29, 0.717) is 24.2 Å². The van der Waals surface area contributed by atoms with E-state index in [2.05, 4.69) is 5.32 Å². The quantitative estimate of drug-likeness (QED) is 0.611. The molecule has 1 heterocycles. The maximum atomic E-state index is 13.4. The lowest BCUT2D eigenvalue weighted by atomic mass is 9.90. The van der Waals surface area contributed by atoms with Crippen molar-refractivity contribution in [3.8, 4) is 0 Å². The minimum atomic E-state index is -3.79. The smallest absolute Gasteiger partial charge is 0.338 e. The van der Waals surface area contributed by atoms with Crippen LogP contribution in [0.1, 0.15) is 49.9 Å². The molecule has 9 nitrogen and oxygen atoms in total. The van der Waals surface area contributed by atoms with Gasteiger partial charge in [-0.3, -0.25) is 14.5 Å². The van der Waals surface area contributed by atoms with Gasteiger partial charge >= 0.3 is 5.97 Å². The Morgan fingerprint density at radius 3 is 2.49 bits per heavy atom. The molecule has 1 spiro atoms. The maximum Gasteiger partial charge on any atom is 0.338 e. The summed E-state index contributed by atoms with van der Waals surface area (Å²) in [6, 6.07) is 12.3. The fourth-order valence-electron chi connectivity index (χ4n) is 4.63. The maximum absolute atomic E-state index is 13.4. The number of sulfonamides is 1. The Morgan fingerprint density at radius 1 is 1.11 bits per heavy atom. The molecule has 2 aliphatic rings. The molecule has 4 rings (SSSR count). The second-order valence-electron chi connectivity index (χ2n) is 9.16. The summed E-state index contributed by atoms with van der Waals surface area (Å²) in [5.74, 6) is -1.57. The van der Waals surface area contributed by atoms with Crippen molar-refractivity contribution in [2.75, 3.05) is 23.9 Å². The van der Waals surface area contributed by atoms with Gasteiger partial charge in [-0.25, -0.2) is 13.2 Å². The van der Waals surface area contributed by atoms with Crippen LogP contribution in [0.5, 0.6) is 0 Å². The topological polar surface area (TPSA) is 113 Å². The highest BCUT2D eigenvalue weighted by molar-refractivity contribution is 7.89. The standard InChI is InChI=1S/C25H29N3O6S/c1-17(2)27(3)35(32,33)19-10-8-9-18(15-19)23(30)34-16-22(29)28-21-12-5-4-11-20(21)26-24(31)25(28)13-6-7-14-25/h4-5,8-12,15,17H,6-7,13-14,16H2,1-3H3,(H,26,31). The zero-order chi connectivity index (χ0) is 25.4. The Labute approximate surface area is 205 Å². The summed E-state index contributed by atoms with van der Waals surface area (Å²) in [4.78, 5) is 40.6. The van der Waals surface area contributed by atoms with Gasteiger partial charge in [0.15, 0.2) is 6.61 Å². The van der Waals surface area contributed by atoms with Crippen LogP contribution in [-0.2, 0) is 24.3 Å². The van der Waals surface area contributed by atoms with Crippen molar-refractivity contribution in [2.45, 2.75) is 56.0 Å². The number of anilines is 2. The van der Waals surface area contributed by atoms with Gasteiger partial charge in [0.2, 0.25) is 10.0 Å². The van der Waals surface area contributed by atoms with Crippen molar-refractivity contribution < 1.29 is 27.5 Å². The number of ether oxygens (including phenoxy) is 1. The van der Waals surface area contributed by atoms with Gasteiger partial charge in [-0.15, -0.1) is 0 Å². The molecule has 1 saturated carbocycles. The van der Waals surface area contributed by atoms with Crippen molar-refractivity contribution in [3.05, 3.63) is 54.1 Å². The van der Waals surface area contributed by atoms with Crippen LogP contribution < -0.4 is 10.2 Å². The third kappa shape index (κ3) is 4.43. The van der Waals surface area contributed by atoms with Crippen LogP contribution in [0.3, 0.4) is 0 Å². The lowest BCUT2D eigenvalue weighted by Crippen LogP contribution is -2.61. The lowest BCUT2D eigenvalue weighted by molar-refractivity contribution is -0.129. The number of hydrogen-bond acceptors (Lipinski definition) is 6. The summed E-state index contributed by atoms with van der Waals surface area (Å²) >= 11 is 0. The Kier molecular flexibility index (Phi) is 6.70. The van der Waals surface area contributed by atoms with E-state index < -0.39 is 34.0 Å². The van der Waals surface area contributed by atoms with E-state index in [0.717, 1.165) is 12.8 Å². The van der Waals surface area contributed by atoms with Crippen LogP contribution in [-0.4, -0.2) is 55.7 Å². The van der Waals surface area contributed by atoms with Gasteiger partial charge < -0.3 is 10.1 Å². The van der Waals surface area contributed by atoms with E-state index in [1.807, 2.05) is 0 Å². The van der Waals surface area contributed by atoms with Crippen LogP contribution in [0.4, 0.5) is 11.4 Å². The van der Waals surface area contributed by atoms with Crippen LogP contribution in [0.2, 0.25) is 0 Å². The number of benzene rings is 2. The lowest BCUT2D eigenvalue weighted by Gasteiger charge is -2.44. The van der Waals surface area contributed by atoms with Crippen molar-refractivity contribution in [1.82, 2.24) is 4.31 Å². The number of para-hydroxylation sites is 2. The van der Waals surface area contributed by atoms with Gasteiger partial charge in [0.1, 0.15) is 5.54 Å². The molecule has 0 saturated heterocycles. The number of rotatable bonds is 6. The fraction of sp³-hybridized carbons (Fsp3) is 0.400. The molecule has 10 heteroatoms. The van der Waals surface area contributed by atoms with Crippen molar-refractivity contribution >= 4 is 39.2 Å². The molecule has 1 aliphatic heterocycles. The first kappa shape index (κ1) is 24.9. The average molecular weight is 500 g/mol. The van der Waals surface area contributed by atoms with Gasteiger partial charge in [-0.2, -0.15) is 4.31 Å². The molecule has 2 amide bonds. The fourth-order valence-corrected chi connectivity index (χ4v) is 6.05. The van der Waals surface area contributed by atoms with Crippen LogP contribution >= 0.6 is 0 Å². The molecule has 0 radical (unpaired) electrons. The highest BCUT2D eigenvalue weighted by Gasteiger charge is 2.52. The van der Waals surface area contributed by atoms with E-state index in [4.69, 9.17) is 4.74 Å². The molecule has 0 atom stereocenters. The summed E-state index contributed by atoms with van der Waals surface area (Å²) in [6.45, 7) is 2.92. The monoisotopic (exact) mass is 499 g/mol. The van der Waals surface area contributed by atoms with Crippen LogP contribution in [0, 0.1) is 0 Å². The van der Waals surface area contributed by atoms with E-state index in [9.17, 15) is 22.8 Å².